The molecular formula is C18H15F4NO. The Kier molecular flexibility index (Phi) is 4.30. The van der Waals surface area contributed by atoms with Crippen LogP contribution in [0, 0.1) is 11.7 Å². The minimum absolute atomic E-state index is 0.0817. The van der Waals surface area contributed by atoms with Crippen molar-refractivity contribution in [3.8, 4) is 0 Å². The number of rotatable bonds is 4. The number of halogens is 4. The van der Waals surface area contributed by atoms with Gasteiger partial charge in [0, 0.05) is 12.5 Å². The Morgan fingerprint density at radius 2 is 1.67 bits per heavy atom. The molecule has 0 saturated heterocycles. The van der Waals surface area contributed by atoms with E-state index in [1.54, 1.807) is 12.1 Å². The largest absolute Gasteiger partial charge is 0.416 e. The average Bonchev–Trinajstić information content (AvgIpc) is 3.33. The van der Waals surface area contributed by atoms with E-state index in [2.05, 4.69) is 5.32 Å². The predicted molar refractivity (Wildman–Crippen MR) is 80.5 cm³/mol. The fourth-order valence-electron chi connectivity index (χ4n) is 2.69. The third kappa shape index (κ3) is 3.75. The maximum Gasteiger partial charge on any atom is 0.416 e. The lowest BCUT2D eigenvalue weighted by Gasteiger charge is -2.08. The van der Waals surface area contributed by atoms with Crippen LogP contribution in [-0.2, 0) is 17.5 Å². The maximum atomic E-state index is 12.9. The number of benzene rings is 2. The summed E-state index contributed by atoms with van der Waals surface area (Å²) in [4.78, 5) is 12.1. The molecule has 0 spiro atoms. The van der Waals surface area contributed by atoms with E-state index < -0.39 is 11.7 Å². The molecule has 6 heteroatoms. The molecule has 2 unspecified atom stereocenters. The SMILES string of the molecule is O=C(NCc1ccc(C(F)(F)F)cc1)C1CC1c1ccc(F)cc1. The zero-order valence-corrected chi connectivity index (χ0v) is 12.6. The number of hydrogen-bond acceptors (Lipinski definition) is 1. The minimum Gasteiger partial charge on any atom is -0.352 e. The molecule has 24 heavy (non-hydrogen) atoms. The lowest BCUT2D eigenvalue weighted by Crippen LogP contribution is -2.24. The van der Waals surface area contributed by atoms with Gasteiger partial charge >= 0.3 is 6.18 Å². The Morgan fingerprint density at radius 1 is 1.04 bits per heavy atom. The van der Waals surface area contributed by atoms with Crippen LogP contribution in [0.25, 0.3) is 0 Å². The third-order valence-electron chi connectivity index (χ3n) is 4.17. The number of amides is 1. The molecule has 0 radical (unpaired) electrons. The smallest absolute Gasteiger partial charge is 0.352 e. The van der Waals surface area contributed by atoms with E-state index >= 15 is 0 Å². The predicted octanol–water partition coefficient (Wildman–Crippen LogP) is 4.26. The van der Waals surface area contributed by atoms with Gasteiger partial charge in [-0.25, -0.2) is 4.39 Å². The van der Waals surface area contributed by atoms with E-state index in [1.807, 2.05) is 0 Å². The van der Waals surface area contributed by atoms with Crippen LogP contribution in [0.2, 0.25) is 0 Å². The molecule has 0 bridgehead atoms. The highest BCUT2D eigenvalue weighted by Gasteiger charge is 2.43. The topological polar surface area (TPSA) is 29.1 Å². The van der Waals surface area contributed by atoms with Crippen LogP contribution in [0.1, 0.15) is 29.0 Å². The number of nitrogens with one attached hydrogen (secondary N) is 1. The summed E-state index contributed by atoms with van der Waals surface area (Å²) in [6.07, 6.45) is -3.66. The summed E-state index contributed by atoms with van der Waals surface area (Å²) < 4.78 is 50.3. The second-order valence-electron chi connectivity index (χ2n) is 5.91. The van der Waals surface area contributed by atoms with Gasteiger partial charge in [0.25, 0.3) is 0 Å². The highest BCUT2D eigenvalue weighted by molar-refractivity contribution is 5.82. The Morgan fingerprint density at radius 3 is 2.25 bits per heavy atom. The van der Waals surface area contributed by atoms with Crippen molar-refractivity contribution < 1.29 is 22.4 Å². The molecule has 1 aliphatic carbocycles. The molecule has 2 aromatic carbocycles. The van der Waals surface area contributed by atoms with Gasteiger partial charge < -0.3 is 5.32 Å². The quantitative estimate of drug-likeness (QED) is 0.830. The molecule has 2 aromatic rings. The molecule has 0 heterocycles. The van der Waals surface area contributed by atoms with Crippen LogP contribution < -0.4 is 5.32 Å². The minimum atomic E-state index is -4.36. The molecule has 2 atom stereocenters. The van der Waals surface area contributed by atoms with E-state index in [9.17, 15) is 22.4 Å². The van der Waals surface area contributed by atoms with Crippen LogP contribution in [0.4, 0.5) is 17.6 Å². The molecule has 1 fully saturated rings. The summed E-state index contributed by atoms with van der Waals surface area (Å²) in [7, 11) is 0. The van der Waals surface area contributed by atoms with Crippen molar-refractivity contribution in [2.45, 2.75) is 25.1 Å². The van der Waals surface area contributed by atoms with Crippen LogP contribution in [-0.4, -0.2) is 5.91 Å². The number of alkyl halides is 3. The summed E-state index contributed by atoms with van der Waals surface area (Å²) >= 11 is 0. The molecule has 3 rings (SSSR count). The average molecular weight is 337 g/mol. The molecule has 126 valence electrons. The Hall–Kier alpha value is -2.37. The van der Waals surface area contributed by atoms with Crippen LogP contribution in [0.3, 0.4) is 0 Å². The normalized spacial score (nSPS) is 19.8. The first-order valence-electron chi connectivity index (χ1n) is 7.54. The summed E-state index contributed by atoms with van der Waals surface area (Å²) in [6, 6.07) is 10.8. The molecule has 1 N–H and O–H groups in total. The van der Waals surface area contributed by atoms with Crippen molar-refractivity contribution in [3.05, 3.63) is 71.0 Å². The highest BCUT2D eigenvalue weighted by atomic mass is 19.4. The Labute approximate surface area is 136 Å². The van der Waals surface area contributed by atoms with Gasteiger partial charge in [0.15, 0.2) is 0 Å². The zero-order valence-electron chi connectivity index (χ0n) is 12.6. The van der Waals surface area contributed by atoms with E-state index in [4.69, 9.17) is 0 Å². The lowest BCUT2D eigenvalue weighted by atomic mass is 10.1. The first-order valence-corrected chi connectivity index (χ1v) is 7.54. The monoisotopic (exact) mass is 337 g/mol. The molecule has 0 aliphatic heterocycles. The second kappa shape index (κ2) is 6.26. The van der Waals surface area contributed by atoms with Gasteiger partial charge in [0.05, 0.1) is 5.56 Å². The zero-order chi connectivity index (χ0) is 17.3. The van der Waals surface area contributed by atoms with Gasteiger partial charge in [-0.05, 0) is 47.7 Å². The highest BCUT2D eigenvalue weighted by Crippen LogP contribution is 2.47. The van der Waals surface area contributed by atoms with Crippen molar-refractivity contribution in [3.63, 3.8) is 0 Å². The number of carbonyl (C=O) groups is 1. The van der Waals surface area contributed by atoms with E-state index in [0.717, 1.165) is 17.7 Å². The summed E-state index contributed by atoms with van der Waals surface area (Å²) in [5.41, 5.74) is 0.817. The van der Waals surface area contributed by atoms with Crippen LogP contribution >= 0.6 is 0 Å². The van der Waals surface area contributed by atoms with Crippen molar-refractivity contribution in [2.24, 2.45) is 5.92 Å². The van der Waals surface area contributed by atoms with Gasteiger partial charge in [-0.1, -0.05) is 24.3 Å². The van der Waals surface area contributed by atoms with Gasteiger partial charge in [0.2, 0.25) is 5.91 Å². The molecule has 1 aliphatic rings. The van der Waals surface area contributed by atoms with Crippen molar-refractivity contribution in [1.29, 1.82) is 0 Å². The Bertz CT molecular complexity index is 722. The van der Waals surface area contributed by atoms with E-state index in [1.165, 1.54) is 24.3 Å². The molecule has 1 saturated carbocycles. The summed E-state index contributed by atoms with van der Waals surface area (Å²) in [5, 5.41) is 2.74. The van der Waals surface area contributed by atoms with Crippen LogP contribution in [0.5, 0.6) is 0 Å². The van der Waals surface area contributed by atoms with Crippen molar-refractivity contribution >= 4 is 5.91 Å². The maximum absolute atomic E-state index is 12.9. The van der Waals surface area contributed by atoms with Crippen molar-refractivity contribution in [1.82, 2.24) is 5.32 Å². The van der Waals surface area contributed by atoms with Crippen LogP contribution in [0.15, 0.2) is 48.5 Å². The Balaban J connectivity index is 1.52. The van der Waals surface area contributed by atoms with Gasteiger partial charge in [-0.2, -0.15) is 13.2 Å². The summed E-state index contributed by atoms with van der Waals surface area (Å²) in [5.74, 6) is -0.532. The second-order valence-corrected chi connectivity index (χ2v) is 5.91. The van der Waals surface area contributed by atoms with Gasteiger partial charge in [-0.15, -0.1) is 0 Å². The molecule has 1 amide bonds. The summed E-state index contributed by atoms with van der Waals surface area (Å²) in [6.45, 7) is 0.184. The lowest BCUT2D eigenvalue weighted by molar-refractivity contribution is -0.137. The molecule has 2 nitrogen and oxygen atoms in total. The van der Waals surface area contributed by atoms with E-state index in [0.29, 0.717) is 12.0 Å². The third-order valence-corrected chi connectivity index (χ3v) is 4.17. The first-order chi connectivity index (χ1) is 11.3. The first kappa shape index (κ1) is 16.5. The standard InChI is InChI=1S/C18H15F4NO/c19-14-7-3-12(4-8-14)15-9-16(15)17(24)23-10-11-1-5-13(6-2-11)18(20,21)22/h1-8,15-16H,9-10H2,(H,23,24). The molecule has 0 aromatic heterocycles. The van der Waals surface area contributed by atoms with E-state index in [-0.39, 0.29) is 30.1 Å². The fraction of sp³-hybridized carbons (Fsp3) is 0.278. The number of hydrogen-bond donors (Lipinski definition) is 1. The molecular weight excluding hydrogens is 322 g/mol. The van der Waals surface area contributed by atoms with Gasteiger partial charge in [-0.3, -0.25) is 4.79 Å². The van der Waals surface area contributed by atoms with Gasteiger partial charge in [0.1, 0.15) is 5.82 Å². The number of carbonyl (C=O) groups excluding carboxylic acids is 1. The van der Waals surface area contributed by atoms with Crippen molar-refractivity contribution in [2.75, 3.05) is 0 Å². The fourth-order valence-corrected chi connectivity index (χ4v) is 2.69.